The Labute approximate surface area is 141 Å². The molecule has 1 unspecified atom stereocenters. The monoisotopic (exact) mass is 307 g/mol. The lowest BCUT2D eigenvalue weighted by Gasteiger charge is -2.57. The molecule has 5 rings (SSSR count). The number of hydrogen-bond donors (Lipinski definition) is 0. The zero-order chi connectivity index (χ0) is 22.0. The molecule has 0 radical (unpaired) electrons. The summed E-state index contributed by atoms with van der Waals surface area (Å²) in [5.74, 6) is -0.959. The third-order valence-corrected chi connectivity index (χ3v) is 5.57. The maximum Gasteiger partial charge on any atom is 0.174 e. The van der Waals surface area contributed by atoms with E-state index in [4.69, 9.17) is 19.1 Å². The summed E-state index contributed by atoms with van der Waals surface area (Å²) >= 11 is 0. The molecular weight excluding hydrogens is 278 g/mol. The Hall–Kier alpha value is -1.55. The van der Waals surface area contributed by atoms with Gasteiger partial charge in [-0.15, -0.1) is 0 Å². The van der Waals surface area contributed by atoms with Crippen LogP contribution in [-0.4, -0.2) is 43.4 Å². The van der Waals surface area contributed by atoms with Crippen LogP contribution in [0.1, 0.15) is 41.4 Å². The van der Waals surface area contributed by atoms with Crippen molar-refractivity contribution in [3.05, 3.63) is 23.2 Å². The topological polar surface area (TPSA) is 38.8 Å². The number of carbonyl (C=O) groups excluding carboxylic acids is 1. The smallest absolute Gasteiger partial charge is 0.174 e. The van der Waals surface area contributed by atoms with Crippen LogP contribution in [0.2, 0.25) is 0 Å². The number of ether oxygens (including phenoxy) is 2. The van der Waals surface area contributed by atoms with Gasteiger partial charge >= 0.3 is 0 Å². The number of methoxy groups -OCH3 is 1. The molecule has 1 saturated carbocycles. The zero-order valence-electron chi connectivity index (χ0n) is 20.2. The number of likely N-dealkylation sites (tertiary alicyclic amines) is 1. The summed E-state index contributed by atoms with van der Waals surface area (Å²) in [5, 5.41) is 0. The molecule has 2 aliphatic heterocycles. The van der Waals surface area contributed by atoms with E-state index in [1.165, 1.54) is 7.11 Å². The first kappa shape index (κ1) is 7.35. The first-order valence-electron chi connectivity index (χ1n) is 11.5. The van der Waals surface area contributed by atoms with Crippen LogP contribution in [0.5, 0.6) is 11.5 Å². The van der Waals surface area contributed by atoms with Crippen LogP contribution in [-0.2, 0) is 16.6 Å². The van der Waals surface area contributed by atoms with Crippen molar-refractivity contribution in [3.63, 3.8) is 0 Å². The molecule has 4 nitrogen and oxygen atoms in total. The average molecular weight is 307 g/mol. The Morgan fingerprint density at radius 2 is 2.55 bits per heavy atom. The lowest BCUT2D eigenvalue weighted by atomic mass is 9.52. The highest BCUT2D eigenvalue weighted by Gasteiger charge is 2.65. The van der Waals surface area contributed by atoms with Crippen LogP contribution in [0.25, 0.3) is 0 Å². The molecule has 1 saturated heterocycles. The van der Waals surface area contributed by atoms with Gasteiger partial charge in [-0.3, -0.25) is 4.79 Å². The summed E-state index contributed by atoms with van der Waals surface area (Å²) in [6.45, 7) is -2.84. The van der Waals surface area contributed by atoms with Gasteiger partial charge in [0.15, 0.2) is 23.4 Å². The van der Waals surface area contributed by atoms with Gasteiger partial charge in [0.1, 0.15) is 0 Å². The van der Waals surface area contributed by atoms with Gasteiger partial charge in [-0.25, -0.2) is 0 Å². The first-order chi connectivity index (χ1) is 13.8. The average Bonchev–Trinajstić information content (AvgIpc) is 2.96. The summed E-state index contributed by atoms with van der Waals surface area (Å²) in [7, 11) is 1.32. The summed E-state index contributed by atoms with van der Waals surface area (Å²) < 4.78 is 79.3. The molecule has 1 aromatic carbocycles. The Bertz CT molecular complexity index is 995. The van der Waals surface area contributed by atoms with E-state index < -0.39 is 48.9 Å². The van der Waals surface area contributed by atoms with E-state index in [1.807, 2.05) is 0 Å². The molecule has 2 bridgehead atoms. The van der Waals surface area contributed by atoms with E-state index in [-0.39, 0.29) is 48.7 Å². The molecule has 2 heterocycles. The van der Waals surface area contributed by atoms with Crippen molar-refractivity contribution in [1.82, 2.24) is 4.90 Å². The number of benzene rings is 1. The minimum absolute atomic E-state index is 0.0272. The maximum absolute atomic E-state index is 12.9. The molecule has 2 fully saturated rings. The number of hydrogen-bond acceptors (Lipinski definition) is 4. The summed E-state index contributed by atoms with van der Waals surface area (Å²) in [6.07, 6.45) is -3.19. The Morgan fingerprint density at radius 1 is 1.64 bits per heavy atom. The molecule has 4 aliphatic rings. The van der Waals surface area contributed by atoms with Crippen molar-refractivity contribution >= 4 is 5.78 Å². The Kier molecular flexibility index (Phi) is 1.35. The van der Waals surface area contributed by atoms with Gasteiger partial charge in [-0.05, 0) is 50.3 Å². The fourth-order valence-electron chi connectivity index (χ4n) is 4.70. The van der Waals surface area contributed by atoms with Crippen molar-refractivity contribution in [3.8, 4) is 11.5 Å². The minimum atomic E-state index is -2.73. The van der Waals surface area contributed by atoms with Crippen LogP contribution >= 0.6 is 0 Å². The van der Waals surface area contributed by atoms with E-state index in [0.29, 0.717) is 5.56 Å². The van der Waals surface area contributed by atoms with Crippen molar-refractivity contribution in [2.75, 3.05) is 20.6 Å². The largest absolute Gasteiger partial charge is 0.493 e. The molecular formula is C18H21NO3. The predicted molar refractivity (Wildman–Crippen MR) is 81.6 cm³/mol. The number of rotatable bonds is 1. The third-order valence-electron chi connectivity index (χ3n) is 5.57. The second kappa shape index (κ2) is 4.05. The molecule has 2 aliphatic carbocycles. The Balaban J connectivity index is 1.94. The SMILES string of the molecule is [2H]c1c([2H])c2c3c(c1OC)OC1C(=O)CC[C@@H]4[C@@]31CCN(C([2H])([2H])[2H])[C@]4([2H])C2([2H])[2H]. The molecule has 22 heavy (non-hydrogen) atoms. The Morgan fingerprint density at radius 3 is 3.36 bits per heavy atom. The van der Waals surface area contributed by atoms with Crippen molar-refractivity contribution in [2.24, 2.45) is 5.92 Å². The van der Waals surface area contributed by atoms with E-state index >= 15 is 0 Å². The molecule has 1 spiro atoms. The molecule has 116 valence electrons. The number of nitrogens with zero attached hydrogens (tertiary/aromatic N) is 1. The van der Waals surface area contributed by atoms with Crippen molar-refractivity contribution in [2.45, 2.75) is 43.2 Å². The normalized spacial score (nSPS) is 50.0. The lowest BCUT2D eigenvalue weighted by molar-refractivity contribution is -0.138. The highest BCUT2D eigenvalue weighted by atomic mass is 16.5. The summed E-state index contributed by atoms with van der Waals surface area (Å²) in [6, 6.07) is -3.11. The minimum Gasteiger partial charge on any atom is -0.493 e. The second-order valence-corrected chi connectivity index (χ2v) is 6.37. The van der Waals surface area contributed by atoms with Crippen molar-refractivity contribution < 1.29 is 25.2 Å². The van der Waals surface area contributed by atoms with Gasteiger partial charge in [0.25, 0.3) is 0 Å². The zero-order valence-corrected chi connectivity index (χ0v) is 12.2. The molecule has 0 N–H and O–H groups in total. The lowest BCUT2D eigenvalue weighted by Crippen LogP contribution is -2.65. The van der Waals surface area contributed by atoms with Gasteiger partial charge in [0.05, 0.1) is 9.85 Å². The third kappa shape index (κ3) is 1.27. The van der Waals surface area contributed by atoms with E-state index in [1.54, 1.807) is 0 Å². The van der Waals surface area contributed by atoms with Gasteiger partial charge in [0.2, 0.25) is 0 Å². The van der Waals surface area contributed by atoms with E-state index in [2.05, 4.69) is 0 Å². The van der Waals surface area contributed by atoms with Crippen LogP contribution in [0.3, 0.4) is 0 Å². The van der Waals surface area contributed by atoms with Gasteiger partial charge in [-0.1, -0.05) is 6.04 Å². The van der Waals surface area contributed by atoms with E-state index in [9.17, 15) is 6.17 Å². The maximum atomic E-state index is 12.9. The number of carbonyl (C=O) groups is 1. The second-order valence-electron chi connectivity index (χ2n) is 6.37. The molecule has 0 aromatic heterocycles. The predicted octanol–water partition coefficient (Wildman–Crippen LogP) is 1.93. The summed E-state index contributed by atoms with van der Waals surface area (Å²) in [4.78, 5) is 13.8. The van der Waals surface area contributed by atoms with Gasteiger partial charge < -0.3 is 14.4 Å². The van der Waals surface area contributed by atoms with Crippen LogP contribution in [0.4, 0.5) is 0 Å². The highest BCUT2D eigenvalue weighted by Crippen LogP contribution is 2.62. The van der Waals surface area contributed by atoms with Crippen LogP contribution < -0.4 is 9.47 Å². The van der Waals surface area contributed by atoms with Gasteiger partial charge in [0, 0.05) is 31.6 Å². The molecule has 1 aromatic rings. The quantitative estimate of drug-likeness (QED) is 0.795. The number of Topliss-reactive ketones (excluding diaryl/α,β-unsaturated/α-hetero) is 1. The number of likely N-dealkylation sites (N-methyl/N-ethyl adjacent to an activating group) is 1. The summed E-state index contributed by atoms with van der Waals surface area (Å²) in [5.41, 5.74) is -1.01. The molecule has 4 heteroatoms. The fraction of sp³-hybridized carbons (Fsp3) is 0.611. The first-order valence-corrected chi connectivity index (χ1v) is 7.54. The fourth-order valence-corrected chi connectivity index (χ4v) is 4.70. The van der Waals surface area contributed by atoms with Gasteiger partial charge in [-0.2, -0.15) is 0 Å². The van der Waals surface area contributed by atoms with Crippen molar-refractivity contribution in [1.29, 1.82) is 0 Å². The molecule has 4 atom stereocenters. The number of piperidine rings is 1. The molecule has 0 amide bonds. The standard InChI is InChI=1S/C18H21NO3/c1-19-8-7-18-11-4-5-13(20)17(18)22-16-14(21-2)6-3-10(15(16)18)9-12(11)19/h3,6,11-12,17H,4-5,7-9H2,1-2H3/t11-,12+,17?,18-/m0/s1/i1D3,3D,6D,9D2,12D. The van der Waals surface area contributed by atoms with Crippen LogP contribution in [0, 0.1) is 5.92 Å². The van der Waals surface area contributed by atoms with Crippen LogP contribution in [0.15, 0.2) is 12.1 Å². The van der Waals surface area contributed by atoms with E-state index in [0.717, 1.165) is 4.90 Å². The number of ketones is 1. The highest BCUT2D eigenvalue weighted by molar-refractivity contribution is 5.89.